The van der Waals surface area contributed by atoms with Crippen molar-refractivity contribution in [3.8, 4) is 0 Å². The van der Waals surface area contributed by atoms with Gasteiger partial charge in [0.2, 0.25) is 6.10 Å². The van der Waals surface area contributed by atoms with Gasteiger partial charge in [-0.2, -0.15) is 0 Å². The summed E-state index contributed by atoms with van der Waals surface area (Å²) in [6, 6.07) is 0. The number of hydrogen-bond acceptors (Lipinski definition) is 15. The van der Waals surface area contributed by atoms with E-state index >= 15 is 0 Å². The average molecular weight is 783 g/mol. The summed E-state index contributed by atoms with van der Waals surface area (Å²) >= 11 is 0. The number of aliphatic carboxylic acids is 2. The van der Waals surface area contributed by atoms with Gasteiger partial charge in [0.15, 0.2) is 11.6 Å². The highest BCUT2D eigenvalue weighted by Crippen LogP contribution is 2.67. The van der Waals surface area contributed by atoms with Crippen molar-refractivity contribution in [2.45, 2.75) is 104 Å². The monoisotopic (exact) mass is 782 g/mol. The third-order valence-electron chi connectivity index (χ3n) is 11.4. The molecule has 0 aromatic heterocycles. The Morgan fingerprint density at radius 1 is 0.964 bits per heavy atom. The van der Waals surface area contributed by atoms with Gasteiger partial charge in [-0.3, -0.25) is 24.0 Å². The number of hydrogen-bond donors (Lipinski definition) is 3. The predicted molar refractivity (Wildman–Crippen MR) is 185 cm³/mol. The second-order valence-electron chi connectivity index (χ2n) is 15.1. The molecule has 4 aliphatic rings. The highest BCUT2D eigenvalue weighted by molar-refractivity contribution is 6.01. The summed E-state index contributed by atoms with van der Waals surface area (Å²) in [7, 11) is 0. The van der Waals surface area contributed by atoms with Crippen molar-refractivity contribution in [3.63, 3.8) is 0 Å². The van der Waals surface area contributed by atoms with Crippen LogP contribution in [0.4, 0.5) is 0 Å². The third kappa shape index (κ3) is 11.8. The lowest BCUT2D eigenvalue weighted by Gasteiger charge is -2.58. The van der Waals surface area contributed by atoms with E-state index < -0.39 is 76.0 Å². The van der Waals surface area contributed by atoms with Gasteiger partial charge in [0.25, 0.3) is 10.2 Å². The Morgan fingerprint density at radius 3 is 2.24 bits per heavy atom. The number of aliphatic hydroxyl groups excluding tert-OH is 1. The molecule has 55 heavy (non-hydrogen) atoms. The van der Waals surface area contributed by atoms with Crippen LogP contribution >= 0.6 is 0 Å². The number of carboxylic acids is 2. The van der Waals surface area contributed by atoms with Crippen molar-refractivity contribution in [2.24, 2.45) is 40.4 Å². The van der Waals surface area contributed by atoms with Gasteiger partial charge in [0, 0.05) is 30.1 Å². The number of unbranched alkanes of at least 4 members (excludes halogenated alkanes) is 2. The highest BCUT2D eigenvalue weighted by Gasteiger charge is 2.64. The standard InChI is InChI=1S/C32H43NO12.C4H7NO5/c1-18-13-22-21-9-8-19-14-20(34)10-11-31(19,2)29(21)23(35)16-32(22,3)28(18)24(36)17-43-27(38)15-25(30(39)40)45-26(37)7-5-4-6-12-44-33(41)42;6-4(7)2-1-3-10-5(8)9/h10-11,14,18,21-23,25,28-29,35H,4-9,12-13,15-17H2,1-3H3,(H,39,40);1-3H2,(H,6,7). The second kappa shape index (κ2) is 19.6. The van der Waals surface area contributed by atoms with Crippen LogP contribution in [-0.2, 0) is 47.9 Å². The Morgan fingerprint density at radius 2 is 1.62 bits per heavy atom. The fraction of sp³-hybridized carbons (Fsp3) is 0.722. The average Bonchev–Trinajstić information content (AvgIpc) is 3.36. The van der Waals surface area contributed by atoms with Crippen molar-refractivity contribution in [1.29, 1.82) is 0 Å². The second-order valence-corrected chi connectivity index (χ2v) is 15.1. The van der Waals surface area contributed by atoms with Gasteiger partial charge < -0.3 is 34.5 Å². The summed E-state index contributed by atoms with van der Waals surface area (Å²) in [6.45, 7) is 5.30. The van der Waals surface area contributed by atoms with E-state index in [2.05, 4.69) is 16.6 Å². The van der Waals surface area contributed by atoms with Crippen LogP contribution in [-0.4, -0.2) is 93.0 Å². The zero-order valence-electron chi connectivity index (χ0n) is 31.1. The lowest BCUT2D eigenvalue weighted by molar-refractivity contribution is -0.757. The lowest BCUT2D eigenvalue weighted by atomic mass is 9.46. The van der Waals surface area contributed by atoms with Crippen LogP contribution in [0.2, 0.25) is 0 Å². The zero-order valence-corrected chi connectivity index (χ0v) is 31.1. The number of esters is 2. The van der Waals surface area contributed by atoms with E-state index in [1.54, 1.807) is 12.2 Å². The van der Waals surface area contributed by atoms with Crippen molar-refractivity contribution < 1.29 is 73.4 Å². The molecule has 3 saturated carbocycles. The van der Waals surface area contributed by atoms with Crippen LogP contribution < -0.4 is 0 Å². The minimum Gasteiger partial charge on any atom is -0.481 e. The Labute approximate surface area is 316 Å². The van der Waals surface area contributed by atoms with Crippen molar-refractivity contribution in [2.75, 3.05) is 19.8 Å². The normalized spacial score (nSPS) is 29.4. The van der Waals surface area contributed by atoms with Crippen LogP contribution in [0.15, 0.2) is 23.8 Å². The molecule has 0 spiro atoms. The molecule has 9 unspecified atom stereocenters. The van der Waals surface area contributed by atoms with Crippen LogP contribution in [0.3, 0.4) is 0 Å². The first-order valence-corrected chi connectivity index (χ1v) is 18.3. The van der Waals surface area contributed by atoms with Crippen LogP contribution in [0.1, 0.15) is 91.4 Å². The summed E-state index contributed by atoms with van der Waals surface area (Å²) in [5.41, 5.74) is 0.107. The van der Waals surface area contributed by atoms with E-state index in [1.807, 2.05) is 19.9 Å². The molecule has 0 aliphatic heterocycles. The summed E-state index contributed by atoms with van der Waals surface area (Å²) in [5, 5.41) is 46.8. The molecule has 306 valence electrons. The Bertz CT molecular complexity index is 1530. The number of aliphatic hydroxyl groups is 1. The molecular weight excluding hydrogens is 732 g/mol. The maximum atomic E-state index is 13.6. The van der Waals surface area contributed by atoms with Crippen LogP contribution in [0, 0.1) is 60.6 Å². The molecule has 4 aliphatic carbocycles. The summed E-state index contributed by atoms with van der Waals surface area (Å²) in [6.07, 6.45) is 5.68. The number of carbonyl (C=O) groups excluding carboxylic acids is 4. The third-order valence-corrected chi connectivity index (χ3v) is 11.4. The van der Waals surface area contributed by atoms with Gasteiger partial charge in [-0.25, -0.2) is 4.79 Å². The van der Waals surface area contributed by atoms with E-state index in [0.717, 1.165) is 24.8 Å². The number of ketones is 2. The summed E-state index contributed by atoms with van der Waals surface area (Å²) < 4.78 is 10.1. The molecule has 0 aromatic carbocycles. The molecule has 9 atom stereocenters. The molecule has 19 nitrogen and oxygen atoms in total. The molecule has 4 rings (SSSR count). The quantitative estimate of drug-likeness (QED) is 0.0731. The fourth-order valence-electron chi connectivity index (χ4n) is 9.28. The number of Topliss-reactive ketones (excluding diaryl/α,β-unsaturated/α-hetero) is 1. The molecule has 19 heteroatoms. The topological polar surface area (TPSA) is 286 Å². The van der Waals surface area contributed by atoms with Crippen LogP contribution in [0.5, 0.6) is 0 Å². The first-order chi connectivity index (χ1) is 25.8. The van der Waals surface area contributed by atoms with Gasteiger partial charge in [0.1, 0.15) is 6.61 Å². The molecule has 0 bridgehead atoms. The highest BCUT2D eigenvalue weighted by atomic mass is 17.0. The van der Waals surface area contributed by atoms with Gasteiger partial charge in [-0.05, 0) is 80.3 Å². The number of carbonyl (C=O) groups is 6. The van der Waals surface area contributed by atoms with Gasteiger partial charge >= 0.3 is 23.9 Å². The minimum atomic E-state index is -1.79. The maximum absolute atomic E-state index is 13.6. The fourth-order valence-corrected chi connectivity index (χ4v) is 9.28. The van der Waals surface area contributed by atoms with Gasteiger partial charge in [-0.15, -0.1) is 20.2 Å². The Balaban J connectivity index is 0.000000712. The molecule has 0 saturated heterocycles. The van der Waals surface area contributed by atoms with Crippen molar-refractivity contribution >= 4 is 35.4 Å². The minimum absolute atomic E-state index is 0.0239. The van der Waals surface area contributed by atoms with E-state index in [1.165, 1.54) is 0 Å². The zero-order chi connectivity index (χ0) is 41.1. The predicted octanol–water partition coefficient (Wildman–Crippen LogP) is 3.45. The first kappa shape index (κ1) is 44.5. The number of fused-ring (bicyclic) bond motifs is 5. The number of allylic oxidation sites excluding steroid dienone is 4. The first-order valence-electron chi connectivity index (χ1n) is 18.3. The number of carboxylic acid groups (broad SMARTS) is 2. The number of ether oxygens (including phenoxy) is 2. The summed E-state index contributed by atoms with van der Waals surface area (Å²) in [4.78, 5) is 99.4. The lowest BCUT2D eigenvalue weighted by Crippen LogP contribution is -2.56. The largest absolute Gasteiger partial charge is 0.481 e. The molecule has 0 heterocycles. The SMILES string of the molecule is CC1CC2C3CCC4=CC(=O)C=CC4(C)C3C(O)CC2(C)C1C(=O)COC(=O)CC(OC(=O)CCCCCO[N+](=O)[O-])C(=O)O.O=C(O)CCCO[N+](=O)[O-]. The van der Waals surface area contributed by atoms with Gasteiger partial charge in [0.05, 0.1) is 25.7 Å². The van der Waals surface area contributed by atoms with E-state index in [-0.39, 0.29) is 74.1 Å². The molecule has 0 radical (unpaired) electrons. The number of nitrogens with zero attached hydrogens (tertiary/aromatic N) is 2. The molecular formula is C36H50N2O17. The van der Waals surface area contributed by atoms with Crippen molar-refractivity contribution in [3.05, 3.63) is 44.0 Å². The van der Waals surface area contributed by atoms with E-state index in [4.69, 9.17) is 14.6 Å². The van der Waals surface area contributed by atoms with E-state index in [0.29, 0.717) is 19.3 Å². The summed E-state index contributed by atoms with van der Waals surface area (Å²) in [5.74, 6) is -4.92. The van der Waals surface area contributed by atoms with Gasteiger partial charge in [-0.1, -0.05) is 38.8 Å². The van der Waals surface area contributed by atoms with Crippen LogP contribution in [0.25, 0.3) is 0 Å². The maximum Gasteiger partial charge on any atom is 0.345 e. The molecule has 3 N–H and O–H groups in total. The molecule has 0 amide bonds. The Hall–Kier alpha value is -4.94. The molecule has 0 aromatic rings. The number of rotatable bonds is 19. The van der Waals surface area contributed by atoms with Crippen molar-refractivity contribution in [1.82, 2.24) is 0 Å². The smallest absolute Gasteiger partial charge is 0.345 e. The molecule has 3 fully saturated rings. The van der Waals surface area contributed by atoms with E-state index in [9.17, 15) is 59.2 Å². The Kier molecular flexibility index (Phi) is 15.8.